The van der Waals surface area contributed by atoms with E-state index in [0.717, 1.165) is 30.8 Å². The van der Waals surface area contributed by atoms with Gasteiger partial charge in [0.25, 0.3) is 0 Å². The highest BCUT2D eigenvalue weighted by atomic mass is 32.1. The van der Waals surface area contributed by atoms with Crippen LogP contribution in [0.15, 0.2) is 11.4 Å². The molecule has 1 heterocycles. The molecule has 13 heavy (non-hydrogen) atoms. The molecule has 0 atom stereocenters. The zero-order chi connectivity index (χ0) is 9.68. The summed E-state index contributed by atoms with van der Waals surface area (Å²) in [4.78, 5) is 12.8. The summed E-state index contributed by atoms with van der Waals surface area (Å²) in [5, 5.41) is 2.08. The van der Waals surface area contributed by atoms with Gasteiger partial charge in [0.15, 0.2) is 6.29 Å². The summed E-state index contributed by atoms with van der Waals surface area (Å²) >= 11 is 1.53. The molecule has 0 bridgehead atoms. The van der Waals surface area contributed by atoms with E-state index < -0.39 is 0 Å². The SMILES string of the molecule is CC[NH+](CC)Cc1csc(C=O)c1. The lowest BCUT2D eigenvalue weighted by Crippen LogP contribution is -3.10. The van der Waals surface area contributed by atoms with E-state index in [0.29, 0.717) is 0 Å². The summed E-state index contributed by atoms with van der Waals surface area (Å²) in [5.74, 6) is 0. The van der Waals surface area contributed by atoms with Gasteiger partial charge in [-0.2, -0.15) is 0 Å². The summed E-state index contributed by atoms with van der Waals surface area (Å²) < 4.78 is 0. The van der Waals surface area contributed by atoms with Crippen LogP contribution in [0.25, 0.3) is 0 Å². The second-order valence-corrected chi connectivity index (χ2v) is 4.05. The quantitative estimate of drug-likeness (QED) is 0.700. The predicted octanol–water partition coefficient (Wildman–Crippen LogP) is 0.985. The fourth-order valence-corrected chi connectivity index (χ4v) is 2.05. The average Bonchev–Trinajstić information content (AvgIpc) is 2.61. The van der Waals surface area contributed by atoms with Crippen molar-refractivity contribution in [1.82, 2.24) is 0 Å². The fraction of sp³-hybridized carbons (Fsp3) is 0.500. The van der Waals surface area contributed by atoms with Gasteiger partial charge in [-0.25, -0.2) is 0 Å². The number of hydrogen-bond donors (Lipinski definition) is 1. The van der Waals surface area contributed by atoms with Gasteiger partial charge < -0.3 is 4.90 Å². The molecular formula is C10H16NOS+. The van der Waals surface area contributed by atoms with Gasteiger partial charge in [-0.05, 0) is 19.9 Å². The third-order valence-electron chi connectivity index (χ3n) is 2.24. The molecule has 2 nitrogen and oxygen atoms in total. The van der Waals surface area contributed by atoms with Crippen LogP contribution in [0.2, 0.25) is 0 Å². The topological polar surface area (TPSA) is 21.5 Å². The van der Waals surface area contributed by atoms with Crippen LogP contribution in [-0.4, -0.2) is 19.4 Å². The number of carbonyl (C=O) groups excluding carboxylic acids is 1. The van der Waals surface area contributed by atoms with E-state index in [9.17, 15) is 4.79 Å². The second kappa shape index (κ2) is 5.14. The summed E-state index contributed by atoms with van der Waals surface area (Å²) in [5.41, 5.74) is 1.28. The Balaban J connectivity index is 2.57. The Morgan fingerprint density at radius 2 is 2.15 bits per heavy atom. The molecule has 1 rings (SSSR count). The van der Waals surface area contributed by atoms with Crippen molar-refractivity contribution in [3.8, 4) is 0 Å². The van der Waals surface area contributed by atoms with Gasteiger partial charge in [0.1, 0.15) is 6.54 Å². The van der Waals surface area contributed by atoms with Crippen LogP contribution in [0.3, 0.4) is 0 Å². The Morgan fingerprint density at radius 3 is 2.62 bits per heavy atom. The van der Waals surface area contributed by atoms with Gasteiger partial charge in [-0.1, -0.05) is 0 Å². The molecule has 0 unspecified atom stereocenters. The van der Waals surface area contributed by atoms with Crippen molar-refractivity contribution in [2.75, 3.05) is 13.1 Å². The average molecular weight is 198 g/mol. The van der Waals surface area contributed by atoms with E-state index in [1.54, 1.807) is 4.90 Å². The van der Waals surface area contributed by atoms with Crippen molar-refractivity contribution in [3.05, 3.63) is 21.9 Å². The van der Waals surface area contributed by atoms with Crippen molar-refractivity contribution in [3.63, 3.8) is 0 Å². The monoisotopic (exact) mass is 198 g/mol. The molecule has 0 aromatic carbocycles. The molecule has 1 aromatic heterocycles. The summed E-state index contributed by atoms with van der Waals surface area (Å²) in [6.45, 7) is 7.69. The lowest BCUT2D eigenvalue weighted by molar-refractivity contribution is -0.910. The molecule has 0 spiro atoms. The van der Waals surface area contributed by atoms with Crippen molar-refractivity contribution in [2.45, 2.75) is 20.4 Å². The number of rotatable bonds is 5. The maximum absolute atomic E-state index is 10.4. The van der Waals surface area contributed by atoms with E-state index >= 15 is 0 Å². The first-order valence-electron chi connectivity index (χ1n) is 4.66. The van der Waals surface area contributed by atoms with Crippen LogP contribution in [0.5, 0.6) is 0 Å². The highest BCUT2D eigenvalue weighted by Gasteiger charge is 2.06. The molecule has 1 aromatic rings. The molecule has 0 aliphatic heterocycles. The van der Waals surface area contributed by atoms with Crippen molar-refractivity contribution >= 4 is 17.6 Å². The number of nitrogens with one attached hydrogen (secondary N) is 1. The molecule has 0 radical (unpaired) electrons. The standard InChI is InChI=1S/C10H15NOS/c1-3-11(4-2)6-9-5-10(7-12)13-8-9/h5,7-8H,3-4,6H2,1-2H3/p+1. The molecule has 0 saturated carbocycles. The van der Waals surface area contributed by atoms with E-state index in [1.165, 1.54) is 16.9 Å². The first-order valence-corrected chi connectivity index (χ1v) is 5.54. The maximum Gasteiger partial charge on any atom is 0.160 e. The number of thiophene rings is 1. The van der Waals surface area contributed by atoms with Crippen molar-refractivity contribution in [1.29, 1.82) is 0 Å². The van der Waals surface area contributed by atoms with E-state index in [1.807, 2.05) is 6.07 Å². The van der Waals surface area contributed by atoms with Gasteiger partial charge in [0, 0.05) is 10.9 Å². The largest absolute Gasteiger partial charge is 0.332 e. The number of aldehydes is 1. The minimum absolute atomic E-state index is 0.835. The number of quaternary nitrogens is 1. The van der Waals surface area contributed by atoms with Crippen LogP contribution < -0.4 is 4.90 Å². The van der Waals surface area contributed by atoms with E-state index in [2.05, 4.69) is 19.2 Å². The van der Waals surface area contributed by atoms with E-state index in [4.69, 9.17) is 0 Å². The van der Waals surface area contributed by atoms with Crippen LogP contribution in [-0.2, 0) is 6.54 Å². The van der Waals surface area contributed by atoms with Crippen LogP contribution in [0.4, 0.5) is 0 Å². The molecule has 0 aliphatic rings. The minimum atomic E-state index is 0.835. The fourth-order valence-electron chi connectivity index (χ4n) is 1.34. The zero-order valence-electron chi connectivity index (χ0n) is 8.17. The van der Waals surface area contributed by atoms with Gasteiger partial charge >= 0.3 is 0 Å². The molecule has 3 heteroatoms. The predicted molar refractivity (Wildman–Crippen MR) is 55.5 cm³/mol. The van der Waals surface area contributed by atoms with Crippen molar-refractivity contribution < 1.29 is 9.69 Å². The molecule has 0 amide bonds. The Morgan fingerprint density at radius 1 is 1.46 bits per heavy atom. The summed E-state index contributed by atoms with van der Waals surface area (Å²) in [6, 6.07) is 1.99. The molecule has 0 saturated heterocycles. The maximum atomic E-state index is 10.4. The lowest BCUT2D eigenvalue weighted by atomic mass is 10.3. The van der Waals surface area contributed by atoms with E-state index in [-0.39, 0.29) is 0 Å². The summed E-state index contributed by atoms with van der Waals surface area (Å²) in [7, 11) is 0. The lowest BCUT2D eigenvalue weighted by Gasteiger charge is -2.13. The Labute approximate surface area is 83.2 Å². The van der Waals surface area contributed by atoms with Gasteiger partial charge in [0.05, 0.1) is 18.0 Å². The number of hydrogen-bond acceptors (Lipinski definition) is 2. The van der Waals surface area contributed by atoms with Gasteiger partial charge in [0.2, 0.25) is 0 Å². The number of carbonyl (C=O) groups is 1. The zero-order valence-corrected chi connectivity index (χ0v) is 8.99. The van der Waals surface area contributed by atoms with Crippen LogP contribution in [0, 0.1) is 0 Å². The smallest absolute Gasteiger partial charge is 0.160 e. The third-order valence-corrected chi connectivity index (χ3v) is 3.15. The first-order chi connectivity index (χ1) is 6.30. The van der Waals surface area contributed by atoms with Gasteiger partial charge in [-0.15, -0.1) is 11.3 Å². The Hall–Kier alpha value is -0.670. The highest BCUT2D eigenvalue weighted by Crippen LogP contribution is 2.10. The molecular weight excluding hydrogens is 182 g/mol. The molecule has 0 aliphatic carbocycles. The molecule has 1 N–H and O–H groups in total. The second-order valence-electron chi connectivity index (χ2n) is 3.11. The minimum Gasteiger partial charge on any atom is -0.332 e. The summed E-state index contributed by atoms with van der Waals surface area (Å²) in [6.07, 6.45) is 0.922. The third kappa shape index (κ3) is 2.94. The molecule has 0 fully saturated rings. The van der Waals surface area contributed by atoms with Crippen LogP contribution in [0.1, 0.15) is 29.1 Å². The van der Waals surface area contributed by atoms with Gasteiger partial charge in [-0.3, -0.25) is 4.79 Å². The Bertz CT molecular complexity index is 266. The normalized spacial score (nSPS) is 10.7. The van der Waals surface area contributed by atoms with Crippen LogP contribution >= 0.6 is 11.3 Å². The first kappa shape index (κ1) is 10.4. The molecule has 72 valence electrons. The Kier molecular flexibility index (Phi) is 4.12. The van der Waals surface area contributed by atoms with Crippen molar-refractivity contribution in [2.24, 2.45) is 0 Å². The highest BCUT2D eigenvalue weighted by molar-refractivity contribution is 7.11.